The highest BCUT2D eigenvalue weighted by molar-refractivity contribution is 7.87. The van der Waals surface area contributed by atoms with Crippen LogP contribution < -0.4 is 4.72 Å². The van der Waals surface area contributed by atoms with Gasteiger partial charge >= 0.3 is 0 Å². The van der Waals surface area contributed by atoms with Crippen LogP contribution in [0, 0.1) is 0 Å². The van der Waals surface area contributed by atoms with Gasteiger partial charge in [0.05, 0.1) is 10.7 Å². The lowest BCUT2D eigenvalue weighted by molar-refractivity contribution is 0.465. The summed E-state index contributed by atoms with van der Waals surface area (Å²) in [5, 5.41) is 1.07. The maximum atomic E-state index is 12.0. The fourth-order valence-electron chi connectivity index (χ4n) is 2.82. The van der Waals surface area contributed by atoms with Crippen molar-refractivity contribution in [3.8, 4) is 0 Å². The van der Waals surface area contributed by atoms with Crippen molar-refractivity contribution in [2.24, 2.45) is 0 Å². The summed E-state index contributed by atoms with van der Waals surface area (Å²) in [6.45, 7) is 1.76. The summed E-state index contributed by atoms with van der Waals surface area (Å²) in [4.78, 5) is 6.05. The van der Waals surface area contributed by atoms with Crippen LogP contribution >= 0.6 is 11.3 Å². The fourth-order valence-corrected chi connectivity index (χ4v) is 5.26. The first kappa shape index (κ1) is 14.4. The zero-order valence-corrected chi connectivity index (χ0v) is 13.2. The van der Waals surface area contributed by atoms with Gasteiger partial charge in [-0.3, -0.25) is 0 Å². The standard InChI is InChI=1S/C13H21N3O2S2/c17-20(18,16-9-3-4-10-16)14-8-7-13-15-11-5-1-2-6-12(11)19-13/h14H,1-10H2. The van der Waals surface area contributed by atoms with Gasteiger partial charge in [-0.25, -0.2) is 9.71 Å². The van der Waals surface area contributed by atoms with Gasteiger partial charge in [0.15, 0.2) is 0 Å². The zero-order chi connectivity index (χ0) is 14.0. The molecule has 0 amide bonds. The van der Waals surface area contributed by atoms with Crippen LogP contribution in [0.5, 0.6) is 0 Å². The number of rotatable bonds is 5. The third kappa shape index (κ3) is 3.21. The van der Waals surface area contributed by atoms with E-state index in [-0.39, 0.29) is 0 Å². The number of aryl methyl sites for hydroxylation is 2. The Morgan fingerprint density at radius 2 is 1.90 bits per heavy atom. The predicted molar refractivity (Wildman–Crippen MR) is 80.2 cm³/mol. The van der Waals surface area contributed by atoms with Gasteiger partial charge in [-0.1, -0.05) is 0 Å². The Morgan fingerprint density at radius 3 is 2.65 bits per heavy atom. The Balaban J connectivity index is 1.53. The molecule has 0 radical (unpaired) electrons. The molecule has 2 heterocycles. The second-order valence-electron chi connectivity index (χ2n) is 5.44. The van der Waals surface area contributed by atoms with Crippen molar-refractivity contribution in [3.05, 3.63) is 15.6 Å². The molecular weight excluding hydrogens is 294 g/mol. The molecule has 7 heteroatoms. The summed E-state index contributed by atoms with van der Waals surface area (Å²) in [6.07, 6.45) is 7.37. The van der Waals surface area contributed by atoms with Crippen LogP contribution in [0.1, 0.15) is 41.3 Å². The predicted octanol–water partition coefficient (Wildman–Crippen LogP) is 1.49. The van der Waals surface area contributed by atoms with Gasteiger partial charge in [0.25, 0.3) is 10.2 Å². The molecule has 1 N–H and O–H groups in total. The van der Waals surface area contributed by atoms with Gasteiger partial charge in [-0.15, -0.1) is 11.3 Å². The number of nitrogens with zero attached hydrogens (tertiary/aromatic N) is 2. The summed E-state index contributed by atoms with van der Waals surface area (Å²) in [5.41, 5.74) is 1.25. The second kappa shape index (κ2) is 6.09. The Bertz CT molecular complexity index is 539. The minimum atomic E-state index is -3.27. The Hall–Kier alpha value is -0.500. The molecule has 0 saturated carbocycles. The molecule has 0 unspecified atom stereocenters. The smallest absolute Gasteiger partial charge is 0.246 e. The van der Waals surface area contributed by atoms with E-state index in [1.165, 1.54) is 23.4 Å². The third-order valence-electron chi connectivity index (χ3n) is 3.92. The molecular formula is C13H21N3O2S2. The quantitative estimate of drug-likeness (QED) is 0.895. The molecule has 0 aromatic carbocycles. The second-order valence-corrected chi connectivity index (χ2v) is 8.36. The topological polar surface area (TPSA) is 62.3 Å². The lowest BCUT2D eigenvalue weighted by Crippen LogP contribution is -2.39. The highest BCUT2D eigenvalue weighted by Crippen LogP contribution is 2.26. The molecule has 0 bridgehead atoms. The van der Waals surface area contributed by atoms with Gasteiger partial charge < -0.3 is 0 Å². The van der Waals surface area contributed by atoms with Crippen molar-refractivity contribution in [3.63, 3.8) is 0 Å². The molecule has 5 nitrogen and oxygen atoms in total. The molecule has 1 aliphatic heterocycles. The number of aromatic nitrogens is 1. The van der Waals surface area contributed by atoms with Crippen molar-refractivity contribution in [1.29, 1.82) is 0 Å². The van der Waals surface area contributed by atoms with E-state index in [9.17, 15) is 8.42 Å². The summed E-state index contributed by atoms with van der Waals surface area (Å²) in [5.74, 6) is 0. The van der Waals surface area contributed by atoms with E-state index in [0.29, 0.717) is 26.1 Å². The Labute approximate surface area is 124 Å². The van der Waals surface area contributed by atoms with E-state index in [2.05, 4.69) is 9.71 Å². The zero-order valence-electron chi connectivity index (χ0n) is 11.6. The fraction of sp³-hybridized carbons (Fsp3) is 0.769. The molecule has 1 saturated heterocycles. The van der Waals surface area contributed by atoms with E-state index in [1.54, 1.807) is 15.6 Å². The molecule has 1 fully saturated rings. The summed E-state index contributed by atoms with van der Waals surface area (Å²) < 4.78 is 28.3. The van der Waals surface area contributed by atoms with Crippen LogP contribution in [-0.4, -0.2) is 37.3 Å². The Kier molecular flexibility index (Phi) is 4.40. The molecule has 2 aliphatic rings. The molecule has 112 valence electrons. The van der Waals surface area contributed by atoms with E-state index in [4.69, 9.17) is 0 Å². The minimum absolute atomic E-state index is 0.450. The normalized spacial score (nSPS) is 20.2. The minimum Gasteiger partial charge on any atom is -0.246 e. The molecule has 0 atom stereocenters. The first-order chi connectivity index (χ1) is 9.65. The number of hydrogen-bond acceptors (Lipinski definition) is 4. The monoisotopic (exact) mass is 315 g/mol. The van der Waals surface area contributed by atoms with E-state index in [1.807, 2.05) is 0 Å². The number of thiazole rings is 1. The average Bonchev–Trinajstić information content (AvgIpc) is 3.07. The van der Waals surface area contributed by atoms with Crippen LogP contribution in [0.2, 0.25) is 0 Å². The van der Waals surface area contributed by atoms with Crippen molar-refractivity contribution < 1.29 is 8.42 Å². The van der Waals surface area contributed by atoms with Crippen molar-refractivity contribution in [2.75, 3.05) is 19.6 Å². The maximum absolute atomic E-state index is 12.0. The number of fused-ring (bicyclic) bond motifs is 1. The van der Waals surface area contributed by atoms with Gasteiger partial charge in [0, 0.05) is 30.9 Å². The van der Waals surface area contributed by atoms with Crippen LogP contribution in [0.15, 0.2) is 0 Å². The van der Waals surface area contributed by atoms with Crippen LogP contribution in [0.4, 0.5) is 0 Å². The van der Waals surface area contributed by atoms with Crippen LogP contribution in [0.3, 0.4) is 0 Å². The van der Waals surface area contributed by atoms with E-state index in [0.717, 1.165) is 30.7 Å². The lowest BCUT2D eigenvalue weighted by atomic mass is 10.0. The average molecular weight is 315 g/mol. The van der Waals surface area contributed by atoms with Gasteiger partial charge in [0.1, 0.15) is 0 Å². The van der Waals surface area contributed by atoms with Gasteiger partial charge in [0.2, 0.25) is 0 Å². The van der Waals surface area contributed by atoms with Crippen molar-refractivity contribution in [2.45, 2.75) is 44.9 Å². The first-order valence-corrected chi connectivity index (χ1v) is 9.63. The Morgan fingerprint density at radius 1 is 1.15 bits per heavy atom. The van der Waals surface area contributed by atoms with Gasteiger partial charge in [-0.2, -0.15) is 12.7 Å². The largest absolute Gasteiger partial charge is 0.279 e. The summed E-state index contributed by atoms with van der Waals surface area (Å²) >= 11 is 1.76. The summed E-state index contributed by atoms with van der Waals surface area (Å²) in [6, 6.07) is 0. The van der Waals surface area contributed by atoms with Crippen LogP contribution in [-0.2, 0) is 29.5 Å². The van der Waals surface area contributed by atoms with Crippen molar-refractivity contribution >= 4 is 21.5 Å². The molecule has 20 heavy (non-hydrogen) atoms. The van der Waals surface area contributed by atoms with Crippen molar-refractivity contribution in [1.82, 2.24) is 14.0 Å². The first-order valence-electron chi connectivity index (χ1n) is 7.37. The molecule has 0 spiro atoms. The highest BCUT2D eigenvalue weighted by atomic mass is 32.2. The third-order valence-corrected chi connectivity index (χ3v) is 6.75. The molecule has 3 rings (SSSR count). The molecule has 1 aromatic rings. The van der Waals surface area contributed by atoms with Gasteiger partial charge in [-0.05, 0) is 38.5 Å². The number of nitrogens with one attached hydrogen (secondary N) is 1. The highest BCUT2D eigenvalue weighted by Gasteiger charge is 2.24. The number of hydrogen-bond donors (Lipinski definition) is 1. The molecule has 1 aliphatic carbocycles. The van der Waals surface area contributed by atoms with Crippen LogP contribution in [0.25, 0.3) is 0 Å². The van der Waals surface area contributed by atoms with E-state index >= 15 is 0 Å². The SMILES string of the molecule is O=S(=O)(NCCc1nc2c(s1)CCCC2)N1CCCC1. The molecule has 1 aromatic heterocycles. The lowest BCUT2D eigenvalue weighted by Gasteiger charge is -2.15. The van der Waals surface area contributed by atoms with E-state index < -0.39 is 10.2 Å². The summed E-state index contributed by atoms with van der Waals surface area (Å²) in [7, 11) is -3.27. The maximum Gasteiger partial charge on any atom is 0.279 e.